The van der Waals surface area contributed by atoms with Crippen molar-refractivity contribution in [3.63, 3.8) is 0 Å². The fourth-order valence-corrected chi connectivity index (χ4v) is 4.56. The molecule has 152 valence electrons. The molecule has 0 spiro atoms. The minimum absolute atomic E-state index is 0.0943. The van der Waals surface area contributed by atoms with Gasteiger partial charge in [0.2, 0.25) is 0 Å². The average molecular weight is 421 g/mol. The lowest BCUT2D eigenvalue weighted by Gasteiger charge is -2.45. The van der Waals surface area contributed by atoms with E-state index in [9.17, 15) is 4.79 Å². The Bertz CT molecular complexity index is 1150. The van der Waals surface area contributed by atoms with E-state index in [1.807, 2.05) is 17.3 Å². The minimum atomic E-state index is -0.327. The third-order valence-electron chi connectivity index (χ3n) is 5.38. The number of anilines is 3. The second kappa shape index (κ2) is 7.34. The van der Waals surface area contributed by atoms with Crippen LogP contribution in [0.3, 0.4) is 0 Å². The monoisotopic (exact) mass is 421 g/mol. The molecule has 0 amide bonds. The lowest BCUT2D eigenvalue weighted by molar-refractivity contribution is -0.109. The molecular weight excluding hydrogens is 402 g/mol. The van der Waals surface area contributed by atoms with E-state index < -0.39 is 0 Å². The number of carbonyl (C=O) groups is 1. The van der Waals surface area contributed by atoms with Crippen molar-refractivity contribution in [1.82, 2.24) is 35.3 Å². The Kier molecular flexibility index (Phi) is 4.51. The van der Waals surface area contributed by atoms with Crippen molar-refractivity contribution in [2.75, 3.05) is 16.8 Å². The van der Waals surface area contributed by atoms with Crippen LogP contribution in [-0.2, 0) is 4.79 Å². The van der Waals surface area contributed by atoms with Crippen molar-refractivity contribution in [2.24, 2.45) is 0 Å². The second-order valence-corrected chi connectivity index (χ2v) is 7.83. The SMILES string of the molecule is CCC1C(C=O)N(C)c2cnc(-c3cn[nH]c3-c3nccs3)nc2N1c1cn[nH]c1. The van der Waals surface area contributed by atoms with Gasteiger partial charge in [0.25, 0.3) is 0 Å². The molecule has 0 radical (unpaired) electrons. The largest absolute Gasteiger partial charge is 0.359 e. The maximum Gasteiger partial charge on any atom is 0.165 e. The maximum absolute atomic E-state index is 11.9. The number of rotatable bonds is 5. The molecule has 10 nitrogen and oxygen atoms in total. The molecule has 2 atom stereocenters. The standard InChI is InChI=1S/C19H19N9OS/c1-3-13-15(10-29)27(2)14-9-21-17(25-18(14)28(13)11-6-22-23-7-11)12-8-24-26-16(12)19-20-4-5-30-19/h4-10,13,15H,3H2,1-2H3,(H,22,23)(H,24,26). The molecule has 5 rings (SSSR count). The van der Waals surface area contributed by atoms with Crippen molar-refractivity contribution < 1.29 is 4.79 Å². The Morgan fingerprint density at radius 2 is 2.13 bits per heavy atom. The zero-order valence-electron chi connectivity index (χ0n) is 16.4. The Labute approximate surface area is 176 Å². The number of aromatic amines is 2. The predicted octanol–water partition coefficient (Wildman–Crippen LogP) is 2.65. The smallest absolute Gasteiger partial charge is 0.165 e. The van der Waals surface area contributed by atoms with Crippen LogP contribution in [0, 0.1) is 0 Å². The number of nitrogens with one attached hydrogen (secondary N) is 2. The number of nitrogens with zero attached hydrogens (tertiary/aromatic N) is 7. The van der Waals surface area contributed by atoms with Gasteiger partial charge < -0.3 is 14.6 Å². The highest BCUT2D eigenvalue weighted by molar-refractivity contribution is 7.13. The molecule has 11 heteroatoms. The topological polar surface area (TPSA) is 120 Å². The van der Waals surface area contributed by atoms with Crippen molar-refractivity contribution in [1.29, 1.82) is 0 Å². The highest BCUT2D eigenvalue weighted by atomic mass is 32.1. The number of hydrogen-bond donors (Lipinski definition) is 2. The third kappa shape index (κ3) is 2.77. The normalized spacial score (nSPS) is 18.5. The molecule has 1 aliphatic heterocycles. The lowest BCUT2D eigenvalue weighted by Crippen LogP contribution is -2.54. The number of hydrogen-bond acceptors (Lipinski definition) is 9. The molecule has 0 aliphatic carbocycles. The summed E-state index contributed by atoms with van der Waals surface area (Å²) in [6.45, 7) is 2.06. The summed E-state index contributed by atoms with van der Waals surface area (Å²) in [7, 11) is 1.90. The quantitative estimate of drug-likeness (QED) is 0.472. The van der Waals surface area contributed by atoms with Crippen molar-refractivity contribution in [2.45, 2.75) is 25.4 Å². The van der Waals surface area contributed by atoms with Gasteiger partial charge in [-0.1, -0.05) is 6.92 Å². The van der Waals surface area contributed by atoms with Gasteiger partial charge in [-0.05, 0) is 6.42 Å². The van der Waals surface area contributed by atoms with E-state index in [4.69, 9.17) is 4.98 Å². The summed E-state index contributed by atoms with van der Waals surface area (Å²) >= 11 is 1.52. The van der Waals surface area contributed by atoms with Crippen LogP contribution in [0.2, 0.25) is 0 Å². The first-order valence-electron chi connectivity index (χ1n) is 9.49. The van der Waals surface area contributed by atoms with Gasteiger partial charge in [0.15, 0.2) is 11.6 Å². The van der Waals surface area contributed by atoms with Crippen molar-refractivity contribution >= 4 is 34.8 Å². The van der Waals surface area contributed by atoms with Crippen LogP contribution in [0.4, 0.5) is 17.2 Å². The van der Waals surface area contributed by atoms with Crippen LogP contribution < -0.4 is 9.80 Å². The first-order valence-corrected chi connectivity index (χ1v) is 10.4. The summed E-state index contributed by atoms with van der Waals surface area (Å²) in [5.41, 5.74) is 3.18. The van der Waals surface area contributed by atoms with Gasteiger partial charge in [-0.3, -0.25) is 10.2 Å². The predicted molar refractivity (Wildman–Crippen MR) is 114 cm³/mol. The third-order valence-corrected chi connectivity index (χ3v) is 6.17. The first kappa shape index (κ1) is 18.4. The van der Waals surface area contributed by atoms with E-state index >= 15 is 0 Å². The molecule has 0 fully saturated rings. The van der Waals surface area contributed by atoms with Crippen LogP contribution in [0.1, 0.15) is 13.3 Å². The van der Waals surface area contributed by atoms with Gasteiger partial charge >= 0.3 is 0 Å². The molecule has 30 heavy (non-hydrogen) atoms. The van der Waals surface area contributed by atoms with Crippen LogP contribution >= 0.6 is 11.3 Å². The molecule has 2 N–H and O–H groups in total. The lowest BCUT2D eigenvalue weighted by atomic mass is 9.99. The molecule has 5 heterocycles. The Balaban J connectivity index is 1.68. The summed E-state index contributed by atoms with van der Waals surface area (Å²) in [5, 5.41) is 16.9. The van der Waals surface area contributed by atoms with Gasteiger partial charge in [0, 0.05) is 24.8 Å². The zero-order valence-corrected chi connectivity index (χ0v) is 17.2. The molecule has 0 aromatic carbocycles. The molecule has 4 aromatic rings. The molecule has 2 unspecified atom stereocenters. The number of carbonyl (C=O) groups excluding carboxylic acids is 1. The fraction of sp³-hybridized carbons (Fsp3) is 0.263. The average Bonchev–Trinajstić information content (AvgIpc) is 3.55. The minimum Gasteiger partial charge on any atom is -0.359 e. The van der Waals surface area contributed by atoms with Crippen molar-refractivity contribution in [3.05, 3.63) is 36.4 Å². The number of aldehydes is 1. The highest BCUT2D eigenvalue weighted by Crippen LogP contribution is 2.42. The summed E-state index contributed by atoms with van der Waals surface area (Å²) < 4.78 is 0. The van der Waals surface area contributed by atoms with Gasteiger partial charge in [-0.15, -0.1) is 11.3 Å². The van der Waals surface area contributed by atoms with E-state index in [1.165, 1.54) is 11.3 Å². The molecule has 1 aliphatic rings. The van der Waals surface area contributed by atoms with Crippen LogP contribution in [0.5, 0.6) is 0 Å². The van der Waals surface area contributed by atoms with Gasteiger partial charge in [-0.25, -0.2) is 15.0 Å². The van der Waals surface area contributed by atoms with Crippen LogP contribution in [-0.4, -0.2) is 60.8 Å². The van der Waals surface area contributed by atoms with E-state index in [0.717, 1.165) is 46.2 Å². The Hall–Kier alpha value is -3.60. The van der Waals surface area contributed by atoms with E-state index in [0.29, 0.717) is 5.82 Å². The van der Waals surface area contributed by atoms with Crippen LogP contribution in [0.15, 0.2) is 36.4 Å². The molecule has 0 saturated heterocycles. The van der Waals surface area contributed by atoms with E-state index in [1.54, 1.807) is 31.0 Å². The Morgan fingerprint density at radius 1 is 1.23 bits per heavy atom. The number of aromatic nitrogens is 7. The van der Waals surface area contributed by atoms with Crippen LogP contribution in [0.25, 0.3) is 22.1 Å². The first-order chi connectivity index (χ1) is 14.7. The van der Waals surface area contributed by atoms with Crippen molar-refractivity contribution in [3.8, 4) is 22.1 Å². The number of likely N-dealkylation sites (N-methyl/N-ethyl adjacent to an activating group) is 1. The van der Waals surface area contributed by atoms with E-state index in [-0.39, 0.29) is 12.1 Å². The van der Waals surface area contributed by atoms with Gasteiger partial charge in [-0.2, -0.15) is 10.2 Å². The second-order valence-electron chi connectivity index (χ2n) is 6.94. The molecule has 0 bridgehead atoms. The summed E-state index contributed by atoms with van der Waals surface area (Å²) in [4.78, 5) is 29.8. The Morgan fingerprint density at radius 3 is 2.83 bits per heavy atom. The number of H-pyrrole nitrogens is 2. The fourth-order valence-electron chi connectivity index (χ4n) is 3.91. The summed E-state index contributed by atoms with van der Waals surface area (Å²) in [6, 6.07) is -0.421. The summed E-state index contributed by atoms with van der Waals surface area (Å²) in [6.07, 6.45) is 10.5. The molecule has 0 saturated carbocycles. The number of fused-ring (bicyclic) bond motifs is 1. The van der Waals surface area contributed by atoms with Gasteiger partial charge in [0.05, 0.1) is 41.6 Å². The highest BCUT2D eigenvalue weighted by Gasteiger charge is 2.39. The van der Waals surface area contributed by atoms with E-state index in [2.05, 4.69) is 42.2 Å². The molecule has 4 aromatic heterocycles. The zero-order chi connectivity index (χ0) is 20.7. The maximum atomic E-state index is 11.9. The molecular formula is C19H19N9OS. The number of thiazole rings is 1. The van der Waals surface area contributed by atoms with Gasteiger partial charge in [0.1, 0.15) is 23.0 Å². The summed E-state index contributed by atoms with van der Waals surface area (Å²) in [5.74, 6) is 1.26.